The molecule has 1 aliphatic rings. The molecule has 0 amide bonds. The third-order valence-electron chi connectivity index (χ3n) is 3.49. The first-order valence-electron chi connectivity index (χ1n) is 6.94. The van der Waals surface area contributed by atoms with E-state index in [2.05, 4.69) is 9.97 Å². The number of hydrogen-bond acceptors (Lipinski definition) is 5. The maximum atomic E-state index is 13.2. The second kappa shape index (κ2) is 5.74. The number of aromatic nitrogens is 3. The number of nitrogens with zero attached hydrogens (tertiary/aromatic N) is 4. The smallest absolute Gasteiger partial charge is 0.286 e. The Hall–Kier alpha value is -2.27. The molecule has 8 heteroatoms. The number of thioether (sulfide) groups is 1. The highest BCUT2D eigenvalue weighted by Gasteiger charge is 2.26. The minimum absolute atomic E-state index is 0.0888. The van der Waals surface area contributed by atoms with Gasteiger partial charge in [0.2, 0.25) is 0 Å². The first-order chi connectivity index (χ1) is 10.9. The molecule has 118 valence electrons. The fourth-order valence-electron chi connectivity index (χ4n) is 2.33. The Morgan fingerprint density at radius 2 is 2.22 bits per heavy atom. The van der Waals surface area contributed by atoms with Crippen molar-refractivity contribution in [2.45, 2.75) is 31.0 Å². The molecule has 0 aliphatic carbocycles. The van der Waals surface area contributed by atoms with Crippen LogP contribution in [-0.2, 0) is 12.5 Å². The lowest BCUT2D eigenvalue weighted by Crippen LogP contribution is -2.29. The number of nitriles is 1. The highest BCUT2D eigenvalue weighted by Crippen LogP contribution is 2.29. The summed E-state index contributed by atoms with van der Waals surface area (Å²) in [5.41, 5.74) is -0.291. The van der Waals surface area contributed by atoms with E-state index < -0.39 is 11.5 Å². The van der Waals surface area contributed by atoms with Crippen LogP contribution < -0.4 is 5.56 Å². The van der Waals surface area contributed by atoms with Crippen molar-refractivity contribution < 1.29 is 8.78 Å². The fraction of sp³-hybridized carbons (Fsp3) is 0.333. The van der Waals surface area contributed by atoms with E-state index in [-0.39, 0.29) is 17.0 Å². The molecule has 0 N–H and O–H groups in total. The average Bonchev–Trinajstić information content (AvgIpc) is 2.54. The predicted octanol–water partition coefficient (Wildman–Crippen LogP) is 2.78. The fourth-order valence-corrected chi connectivity index (χ4v) is 3.27. The molecular weight excluding hydrogens is 322 g/mol. The van der Waals surface area contributed by atoms with Gasteiger partial charge in [0, 0.05) is 31.0 Å². The summed E-state index contributed by atoms with van der Waals surface area (Å²) in [6.07, 6.45) is 2.06. The van der Waals surface area contributed by atoms with Crippen molar-refractivity contribution in [2.75, 3.05) is 5.75 Å². The van der Waals surface area contributed by atoms with Crippen LogP contribution in [0.4, 0.5) is 8.78 Å². The molecule has 0 saturated carbocycles. The molecule has 0 radical (unpaired) electrons. The topological polar surface area (TPSA) is 71.6 Å². The van der Waals surface area contributed by atoms with Gasteiger partial charge in [-0.2, -0.15) is 14.0 Å². The van der Waals surface area contributed by atoms with E-state index in [0.29, 0.717) is 17.3 Å². The van der Waals surface area contributed by atoms with Crippen LogP contribution in [0.1, 0.15) is 24.6 Å². The molecule has 0 unspecified atom stereocenters. The van der Waals surface area contributed by atoms with Crippen molar-refractivity contribution in [1.82, 2.24) is 14.5 Å². The molecule has 0 bridgehead atoms. The number of alkyl halides is 2. The maximum absolute atomic E-state index is 13.2. The van der Waals surface area contributed by atoms with Gasteiger partial charge in [0.1, 0.15) is 17.3 Å². The van der Waals surface area contributed by atoms with Crippen molar-refractivity contribution in [2.24, 2.45) is 0 Å². The third kappa shape index (κ3) is 2.84. The zero-order valence-corrected chi connectivity index (χ0v) is 13.0. The molecule has 0 atom stereocenters. The Labute approximate surface area is 135 Å². The minimum atomic E-state index is -3.05. The number of halogens is 2. The molecule has 0 spiro atoms. The number of rotatable bonds is 2. The maximum Gasteiger partial charge on any atom is 0.286 e. The summed E-state index contributed by atoms with van der Waals surface area (Å²) in [4.78, 5) is 20.5. The van der Waals surface area contributed by atoms with Crippen molar-refractivity contribution in [1.29, 1.82) is 5.26 Å². The number of pyridine rings is 1. The normalized spacial score (nSPS) is 14.2. The molecule has 3 rings (SSSR count). The summed E-state index contributed by atoms with van der Waals surface area (Å²) >= 11 is 1.44. The van der Waals surface area contributed by atoms with Gasteiger partial charge in [0.05, 0.1) is 5.69 Å². The van der Waals surface area contributed by atoms with Crippen LogP contribution in [0.5, 0.6) is 0 Å². The SMILES string of the molecule is CC(F)(F)c1ccc(-c2nc3n(c(=O)c2C#N)CCCS3)cn1. The van der Waals surface area contributed by atoms with Crippen LogP contribution in [0.25, 0.3) is 11.3 Å². The van der Waals surface area contributed by atoms with Gasteiger partial charge in [0.25, 0.3) is 11.5 Å². The summed E-state index contributed by atoms with van der Waals surface area (Å²) < 4.78 is 28.0. The van der Waals surface area contributed by atoms with Crippen molar-refractivity contribution >= 4 is 11.8 Å². The highest BCUT2D eigenvalue weighted by molar-refractivity contribution is 7.99. The van der Waals surface area contributed by atoms with E-state index in [1.54, 1.807) is 0 Å². The van der Waals surface area contributed by atoms with Crippen LogP contribution in [-0.4, -0.2) is 20.3 Å². The summed E-state index contributed by atoms with van der Waals surface area (Å²) in [5.74, 6) is -2.20. The van der Waals surface area contributed by atoms with E-state index in [0.717, 1.165) is 19.1 Å². The summed E-state index contributed by atoms with van der Waals surface area (Å²) in [6, 6.07) is 4.47. The quantitative estimate of drug-likeness (QED) is 0.790. The predicted molar refractivity (Wildman–Crippen MR) is 81.4 cm³/mol. The van der Waals surface area contributed by atoms with Crippen molar-refractivity contribution in [3.8, 4) is 17.3 Å². The van der Waals surface area contributed by atoms with Gasteiger partial charge in [-0.25, -0.2) is 4.98 Å². The van der Waals surface area contributed by atoms with E-state index in [9.17, 15) is 18.8 Å². The van der Waals surface area contributed by atoms with Gasteiger partial charge in [0.15, 0.2) is 5.16 Å². The first-order valence-corrected chi connectivity index (χ1v) is 7.93. The lowest BCUT2D eigenvalue weighted by Gasteiger charge is -2.18. The lowest BCUT2D eigenvalue weighted by molar-refractivity contribution is 0.0128. The third-order valence-corrected chi connectivity index (χ3v) is 4.55. The first kappa shape index (κ1) is 15.6. The van der Waals surface area contributed by atoms with Crippen LogP contribution >= 0.6 is 11.8 Å². The second-order valence-electron chi connectivity index (χ2n) is 5.21. The zero-order valence-electron chi connectivity index (χ0n) is 12.2. The monoisotopic (exact) mass is 334 g/mol. The standard InChI is InChI=1S/C15H12F2N4OS/c1-15(16,17)11-4-3-9(8-19-11)12-10(7-18)13(22)21-5-2-6-23-14(21)20-12/h3-4,8H,2,5-6H2,1H3. The summed E-state index contributed by atoms with van der Waals surface area (Å²) in [5, 5.41) is 9.84. The summed E-state index contributed by atoms with van der Waals surface area (Å²) in [7, 11) is 0. The minimum Gasteiger partial charge on any atom is -0.286 e. The van der Waals surface area contributed by atoms with Gasteiger partial charge in [-0.3, -0.25) is 14.3 Å². The molecule has 1 aliphatic heterocycles. The Bertz CT molecular complexity index is 850. The van der Waals surface area contributed by atoms with Crippen molar-refractivity contribution in [3.05, 3.63) is 39.9 Å². The molecule has 23 heavy (non-hydrogen) atoms. The highest BCUT2D eigenvalue weighted by atomic mass is 32.2. The second-order valence-corrected chi connectivity index (χ2v) is 6.27. The van der Waals surface area contributed by atoms with Crippen LogP contribution in [0, 0.1) is 11.3 Å². The molecule has 2 aromatic heterocycles. The summed E-state index contributed by atoms with van der Waals surface area (Å²) in [6.45, 7) is 1.29. The molecular formula is C15H12F2N4OS. The Balaban J connectivity index is 2.15. The molecule has 0 aromatic carbocycles. The Morgan fingerprint density at radius 1 is 1.43 bits per heavy atom. The molecule has 2 aromatic rings. The number of fused-ring (bicyclic) bond motifs is 1. The van der Waals surface area contributed by atoms with E-state index in [1.165, 1.54) is 34.7 Å². The van der Waals surface area contributed by atoms with Crippen LogP contribution in [0.15, 0.2) is 28.3 Å². The number of hydrogen-bond donors (Lipinski definition) is 0. The molecule has 0 fully saturated rings. The van der Waals surface area contributed by atoms with Crippen LogP contribution in [0.2, 0.25) is 0 Å². The van der Waals surface area contributed by atoms with E-state index >= 15 is 0 Å². The van der Waals surface area contributed by atoms with Crippen LogP contribution in [0.3, 0.4) is 0 Å². The van der Waals surface area contributed by atoms with E-state index in [4.69, 9.17) is 0 Å². The van der Waals surface area contributed by atoms with Gasteiger partial charge in [-0.15, -0.1) is 0 Å². The molecule has 3 heterocycles. The largest absolute Gasteiger partial charge is 0.286 e. The van der Waals surface area contributed by atoms with E-state index in [1.807, 2.05) is 6.07 Å². The van der Waals surface area contributed by atoms with Gasteiger partial charge in [-0.1, -0.05) is 11.8 Å². The van der Waals surface area contributed by atoms with Crippen molar-refractivity contribution in [3.63, 3.8) is 0 Å². The van der Waals surface area contributed by atoms with Gasteiger partial charge in [-0.05, 0) is 18.6 Å². The Kier molecular flexibility index (Phi) is 3.90. The molecule has 5 nitrogen and oxygen atoms in total. The Morgan fingerprint density at radius 3 is 2.83 bits per heavy atom. The zero-order chi connectivity index (χ0) is 16.6. The van der Waals surface area contributed by atoms with Gasteiger partial charge >= 0.3 is 0 Å². The average molecular weight is 334 g/mol. The molecule has 0 saturated heterocycles. The lowest BCUT2D eigenvalue weighted by atomic mass is 10.1. The van der Waals surface area contributed by atoms with Gasteiger partial charge < -0.3 is 0 Å².